The molecule has 2 aromatic carbocycles. The first kappa shape index (κ1) is 30.9. The average Bonchev–Trinajstić information content (AvgIpc) is 3.51. The molecule has 1 saturated heterocycles. The van der Waals surface area contributed by atoms with Crippen LogP contribution in [-0.2, 0) is 12.8 Å². The number of thiazole rings is 1. The van der Waals surface area contributed by atoms with Crippen LogP contribution in [0.2, 0.25) is 5.02 Å². The molecule has 1 aliphatic heterocycles. The molecule has 1 aliphatic rings. The van der Waals surface area contributed by atoms with Gasteiger partial charge in [0.2, 0.25) is 0 Å². The molecule has 224 valence electrons. The zero-order valence-electron chi connectivity index (χ0n) is 25.5. The number of piperazine rings is 1. The number of aryl methyl sites for hydroxylation is 2. The van der Waals surface area contributed by atoms with Gasteiger partial charge in [-0.1, -0.05) is 68.3 Å². The zero-order chi connectivity index (χ0) is 30.7. The van der Waals surface area contributed by atoms with Crippen LogP contribution in [-0.4, -0.2) is 46.0 Å². The second-order valence-electron chi connectivity index (χ2n) is 11.2. The van der Waals surface area contributed by atoms with Crippen LogP contribution < -0.4 is 10.9 Å². The Balaban J connectivity index is 1.80. The van der Waals surface area contributed by atoms with Crippen molar-refractivity contribution in [3.63, 3.8) is 0 Å². The van der Waals surface area contributed by atoms with Crippen molar-refractivity contribution in [2.24, 2.45) is 0 Å². The summed E-state index contributed by atoms with van der Waals surface area (Å²) < 4.78 is 1.79. The van der Waals surface area contributed by atoms with Crippen molar-refractivity contribution < 1.29 is 4.79 Å². The van der Waals surface area contributed by atoms with Gasteiger partial charge in [0.05, 0.1) is 28.2 Å². The van der Waals surface area contributed by atoms with Gasteiger partial charge in [-0.05, 0) is 68.5 Å². The number of para-hydroxylation sites is 1. The summed E-state index contributed by atoms with van der Waals surface area (Å²) in [5, 5.41) is 6.70. The molecule has 2 aromatic heterocycles. The molecule has 1 fully saturated rings. The first-order chi connectivity index (χ1) is 20.7. The number of carbonyl (C=O) groups is 1. The largest absolute Gasteiger partial charge is 0.336 e. The summed E-state index contributed by atoms with van der Waals surface area (Å²) in [7, 11) is 0. The van der Waals surface area contributed by atoms with Gasteiger partial charge in [-0.3, -0.25) is 14.2 Å². The first-order valence-corrected chi connectivity index (χ1v) is 16.3. The van der Waals surface area contributed by atoms with Crippen LogP contribution in [0.1, 0.15) is 68.2 Å². The topological polar surface area (TPSA) is 67.2 Å². The SMILES string of the molecule is CCc1cccc(CC)c1-n1c(C=C(C)C)c(C(=O)N2CCNC(CC)C2)cc(-c2nc(-c3ccc(Cl)cc3)cs2)c1=O. The first-order valence-electron chi connectivity index (χ1n) is 15.1. The second-order valence-corrected chi connectivity index (χ2v) is 12.5. The molecule has 1 unspecified atom stereocenters. The van der Waals surface area contributed by atoms with E-state index in [2.05, 4.69) is 38.2 Å². The number of benzene rings is 2. The number of hydrogen-bond donors (Lipinski definition) is 1. The third-order valence-electron chi connectivity index (χ3n) is 7.99. The van der Waals surface area contributed by atoms with Crippen molar-refractivity contribution in [1.29, 1.82) is 0 Å². The highest BCUT2D eigenvalue weighted by Crippen LogP contribution is 2.32. The standard InChI is InChI=1S/C35H39ClN4O2S/c1-6-23-10-9-11-24(7-2)32(23)40-31(18-22(4)5)28(34(41)39-17-16-37-27(8-3)20-39)19-29(35(40)42)33-38-30(21-43-33)25-12-14-26(36)15-13-25/h9-15,18-19,21,27,37H,6-8,16-17,20H2,1-5H3. The predicted molar refractivity (Wildman–Crippen MR) is 180 cm³/mol. The summed E-state index contributed by atoms with van der Waals surface area (Å²) in [6, 6.07) is 15.7. The fourth-order valence-corrected chi connectivity index (χ4v) is 6.66. The summed E-state index contributed by atoms with van der Waals surface area (Å²) in [6.07, 6.45) is 4.42. The highest BCUT2D eigenvalue weighted by atomic mass is 35.5. The Morgan fingerprint density at radius 1 is 1.09 bits per heavy atom. The second kappa shape index (κ2) is 13.4. The van der Waals surface area contributed by atoms with Crippen LogP contribution in [0.15, 0.2) is 64.3 Å². The van der Waals surface area contributed by atoms with E-state index in [4.69, 9.17) is 16.6 Å². The van der Waals surface area contributed by atoms with E-state index in [-0.39, 0.29) is 17.5 Å². The van der Waals surface area contributed by atoms with Gasteiger partial charge in [-0.15, -0.1) is 11.3 Å². The number of amides is 1. The van der Waals surface area contributed by atoms with Gasteiger partial charge in [0.25, 0.3) is 11.5 Å². The highest BCUT2D eigenvalue weighted by Gasteiger charge is 2.29. The van der Waals surface area contributed by atoms with E-state index in [1.807, 2.05) is 60.5 Å². The Bertz CT molecular complexity index is 1690. The number of hydrogen-bond acceptors (Lipinski definition) is 5. The molecule has 4 aromatic rings. The van der Waals surface area contributed by atoms with Gasteiger partial charge in [0.1, 0.15) is 5.01 Å². The van der Waals surface area contributed by atoms with E-state index in [9.17, 15) is 9.59 Å². The van der Waals surface area contributed by atoms with Crippen molar-refractivity contribution in [2.45, 2.75) is 59.9 Å². The molecule has 0 saturated carbocycles. The monoisotopic (exact) mass is 614 g/mol. The molecule has 1 N–H and O–H groups in total. The fraction of sp³-hybridized carbons (Fsp3) is 0.343. The van der Waals surface area contributed by atoms with Crippen LogP contribution in [0.5, 0.6) is 0 Å². The number of allylic oxidation sites excluding steroid dienone is 1. The number of nitrogens with zero attached hydrogens (tertiary/aromatic N) is 3. The summed E-state index contributed by atoms with van der Waals surface area (Å²) in [5.74, 6) is -0.0658. The van der Waals surface area contributed by atoms with E-state index in [1.165, 1.54) is 11.3 Å². The lowest BCUT2D eigenvalue weighted by molar-refractivity contribution is 0.0700. The molecule has 1 amide bonds. The molecule has 5 rings (SSSR count). The van der Waals surface area contributed by atoms with E-state index in [1.54, 1.807) is 10.6 Å². The Morgan fingerprint density at radius 3 is 2.42 bits per heavy atom. The summed E-state index contributed by atoms with van der Waals surface area (Å²) in [6.45, 7) is 12.3. The number of halogens is 1. The zero-order valence-corrected chi connectivity index (χ0v) is 27.1. The van der Waals surface area contributed by atoms with E-state index in [0.29, 0.717) is 39.9 Å². The molecule has 6 nitrogen and oxygen atoms in total. The lowest BCUT2D eigenvalue weighted by Crippen LogP contribution is -2.52. The molecular weight excluding hydrogens is 576 g/mol. The summed E-state index contributed by atoms with van der Waals surface area (Å²) in [4.78, 5) is 36.0. The maximum Gasteiger partial charge on any atom is 0.265 e. The number of carbonyl (C=O) groups excluding carboxylic acids is 1. The third kappa shape index (κ3) is 6.40. The Morgan fingerprint density at radius 2 is 1.79 bits per heavy atom. The van der Waals surface area contributed by atoms with Crippen LogP contribution in [0.3, 0.4) is 0 Å². The Kier molecular flexibility index (Phi) is 9.65. The molecule has 0 radical (unpaired) electrons. The Hall–Kier alpha value is -3.52. The lowest BCUT2D eigenvalue weighted by Gasteiger charge is -2.34. The number of pyridine rings is 1. The van der Waals surface area contributed by atoms with Crippen molar-refractivity contribution >= 4 is 34.9 Å². The third-order valence-corrected chi connectivity index (χ3v) is 9.12. The van der Waals surface area contributed by atoms with Gasteiger partial charge >= 0.3 is 0 Å². The maximum atomic E-state index is 14.7. The molecule has 0 aliphatic carbocycles. The number of nitrogens with one attached hydrogen (secondary N) is 1. The van der Waals surface area contributed by atoms with Crippen LogP contribution >= 0.6 is 22.9 Å². The van der Waals surface area contributed by atoms with Crippen molar-refractivity contribution in [3.05, 3.63) is 97.2 Å². The van der Waals surface area contributed by atoms with E-state index < -0.39 is 0 Å². The van der Waals surface area contributed by atoms with E-state index >= 15 is 0 Å². The Labute approximate surface area is 263 Å². The highest BCUT2D eigenvalue weighted by molar-refractivity contribution is 7.13. The average molecular weight is 615 g/mol. The lowest BCUT2D eigenvalue weighted by atomic mass is 9.99. The summed E-state index contributed by atoms with van der Waals surface area (Å²) >= 11 is 7.53. The van der Waals surface area contributed by atoms with Crippen LogP contribution in [0, 0.1) is 0 Å². The molecule has 3 heterocycles. The molecular formula is C35H39ClN4O2S. The smallest absolute Gasteiger partial charge is 0.265 e. The van der Waals surface area contributed by atoms with Gasteiger partial charge in [-0.2, -0.15) is 0 Å². The van der Waals surface area contributed by atoms with Gasteiger partial charge in [-0.25, -0.2) is 4.98 Å². The van der Waals surface area contributed by atoms with Crippen molar-refractivity contribution in [2.75, 3.05) is 19.6 Å². The predicted octanol–water partition coefficient (Wildman–Crippen LogP) is 7.65. The minimum absolute atomic E-state index is 0.0658. The van der Waals surface area contributed by atoms with Crippen LogP contribution in [0.25, 0.3) is 33.6 Å². The quantitative estimate of drug-likeness (QED) is 0.221. The minimum Gasteiger partial charge on any atom is -0.336 e. The van der Waals surface area contributed by atoms with Gasteiger partial charge in [0.15, 0.2) is 0 Å². The van der Waals surface area contributed by atoms with Gasteiger partial charge < -0.3 is 10.2 Å². The fourth-order valence-electron chi connectivity index (χ4n) is 5.70. The van der Waals surface area contributed by atoms with Gasteiger partial charge in [0, 0.05) is 41.6 Å². The molecule has 1 atom stereocenters. The molecule has 0 bridgehead atoms. The normalized spacial score (nSPS) is 15.0. The van der Waals surface area contributed by atoms with Crippen molar-refractivity contribution in [3.8, 4) is 27.5 Å². The van der Waals surface area contributed by atoms with Crippen LogP contribution in [0.4, 0.5) is 0 Å². The number of rotatable bonds is 8. The number of aromatic nitrogens is 2. The molecule has 8 heteroatoms. The van der Waals surface area contributed by atoms with E-state index in [0.717, 1.165) is 59.5 Å². The minimum atomic E-state index is -0.177. The maximum absolute atomic E-state index is 14.7. The van der Waals surface area contributed by atoms with Crippen molar-refractivity contribution in [1.82, 2.24) is 19.8 Å². The summed E-state index contributed by atoms with van der Waals surface area (Å²) in [5.41, 5.74) is 7.07. The molecule has 0 spiro atoms. The molecule has 43 heavy (non-hydrogen) atoms.